The third-order valence-electron chi connectivity index (χ3n) is 2.25. The summed E-state index contributed by atoms with van der Waals surface area (Å²) in [7, 11) is -2.33. The van der Waals surface area contributed by atoms with E-state index in [-0.39, 0.29) is 10.5 Å². The lowest BCUT2D eigenvalue weighted by atomic mass is 10.2. The monoisotopic (exact) mass is 272 g/mol. The summed E-state index contributed by atoms with van der Waals surface area (Å²) in [5.74, 6) is -0.462. The Hall–Kier alpha value is -1.44. The highest BCUT2D eigenvalue weighted by atomic mass is 32.2. The maximum absolute atomic E-state index is 11.8. The van der Waals surface area contributed by atoms with E-state index in [2.05, 4.69) is 5.32 Å². The van der Waals surface area contributed by atoms with Gasteiger partial charge < -0.3 is 10.1 Å². The molecule has 1 rings (SSSR count). The fourth-order valence-electron chi connectivity index (χ4n) is 1.42. The summed E-state index contributed by atoms with van der Waals surface area (Å²) >= 11 is 0. The molecule has 0 saturated heterocycles. The summed E-state index contributed by atoms with van der Waals surface area (Å²) in [4.78, 5) is 11.6. The Morgan fingerprint density at radius 1 is 1.39 bits per heavy atom. The van der Waals surface area contributed by atoms with Crippen molar-refractivity contribution in [2.45, 2.75) is 11.3 Å². The van der Waals surface area contributed by atoms with Crippen LogP contribution in [0.15, 0.2) is 29.2 Å². The quantitative estimate of drug-likeness (QED) is 0.717. The van der Waals surface area contributed by atoms with Crippen molar-refractivity contribution in [3.8, 4) is 0 Å². The number of carbonyl (C=O) groups excluding carboxylic acids is 1. The highest BCUT2D eigenvalue weighted by molar-refractivity contribution is 7.89. The van der Waals surface area contributed by atoms with Gasteiger partial charge in [0, 0.05) is 20.3 Å². The van der Waals surface area contributed by atoms with Crippen LogP contribution in [-0.2, 0) is 14.8 Å². The molecular formula is C11H16N2O4S. The van der Waals surface area contributed by atoms with E-state index in [0.717, 1.165) is 0 Å². The normalized spacial score (nSPS) is 11.2. The molecule has 0 heterocycles. The van der Waals surface area contributed by atoms with Crippen LogP contribution < -0.4 is 10.5 Å². The van der Waals surface area contributed by atoms with Crippen molar-refractivity contribution in [3.05, 3.63) is 29.8 Å². The van der Waals surface area contributed by atoms with E-state index in [1.54, 1.807) is 13.2 Å². The van der Waals surface area contributed by atoms with Crippen molar-refractivity contribution in [1.82, 2.24) is 5.32 Å². The number of ether oxygens (including phenoxy) is 1. The summed E-state index contributed by atoms with van der Waals surface area (Å²) in [6, 6.07) is 5.82. The van der Waals surface area contributed by atoms with Crippen molar-refractivity contribution >= 4 is 15.9 Å². The summed E-state index contributed by atoms with van der Waals surface area (Å²) < 4.78 is 27.5. The molecule has 1 aromatic carbocycles. The van der Waals surface area contributed by atoms with Crippen LogP contribution in [0.3, 0.4) is 0 Å². The van der Waals surface area contributed by atoms with Gasteiger partial charge in [-0.2, -0.15) is 0 Å². The fraction of sp³-hybridized carbons (Fsp3) is 0.364. The van der Waals surface area contributed by atoms with Crippen LogP contribution in [-0.4, -0.2) is 34.6 Å². The standard InChI is InChI=1S/C11H16N2O4S/c1-17-8-4-7-13-11(14)9-5-2-3-6-10(9)18(12,15)16/h2-3,5-6H,4,7-8H2,1H3,(H,13,14)(H2,12,15,16). The lowest BCUT2D eigenvalue weighted by Gasteiger charge is -2.08. The summed E-state index contributed by atoms with van der Waals surface area (Å²) in [5, 5.41) is 7.65. The molecule has 0 radical (unpaired) electrons. The molecule has 0 atom stereocenters. The number of amides is 1. The summed E-state index contributed by atoms with van der Waals surface area (Å²) in [6.07, 6.45) is 0.653. The van der Waals surface area contributed by atoms with Crippen molar-refractivity contribution in [2.24, 2.45) is 5.14 Å². The van der Waals surface area contributed by atoms with Gasteiger partial charge >= 0.3 is 0 Å². The smallest absolute Gasteiger partial charge is 0.252 e. The van der Waals surface area contributed by atoms with E-state index >= 15 is 0 Å². The first kappa shape index (κ1) is 14.6. The molecule has 0 unspecified atom stereocenters. The largest absolute Gasteiger partial charge is 0.385 e. The summed E-state index contributed by atoms with van der Waals surface area (Å²) in [5.41, 5.74) is 0.0532. The Kier molecular flexibility index (Phi) is 5.26. The lowest BCUT2D eigenvalue weighted by Crippen LogP contribution is -2.27. The van der Waals surface area contributed by atoms with Crippen LogP contribution in [0.2, 0.25) is 0 Å². The van der Waals surface area contributed by atoms with Crippen LogP contribution in [0, 0.1) is 0 Å². The third-order valence-corrected chi connectivity index (χ3v) is 3.22. The van der Waals surface area contributed by atoms with Gasteiger partial charge in [-0.15, -0.1) is 0 Å². The van der Waals surface area contributed by atoms with Crippen molar-refractivity contribution in [1.29, 1.82) is 0 Å². The van der Waals surface area contributed by atoms with E-state index < -0.39 is 15.9 Å². The number of rotatable bonds is 6. The predicted molar refractivity (Wildman–Crippen MR) is 66.6 cm³/mol. The first-order valence-corrected chi connectivity index (χ1v) is 6.90. The van der Waals surface area contributed by atoms with Crippen molar-refractivity contribution in [2.75, 3.05) is 20.3 Å². The SMILES string of the molecule is COCCCNC(=O)c1ccccc1S(N)(=O)=O. The third kappa shape index (κ3) is 4.10. The first-order chi connectivity index (χ1) is 8.46. The highest BCUT2D eigenvalue weighted by Crippen LogP contribution is 2.13. The molecule has 0 bridgehead atoms. The van der Waals surface area contributed by atoms with Crippen LogP contribution in [0.4, 0.5) is 0 Å². The van der Waals surface area contributed by atoms with Gasteiger partial charge in [0.15, 0.2) is 0 Å². The van der Waals surface area contributed by atoms with Crippen LogP contribution in [0.25, 0.3) is 0 Å². The van der Waals surface area contributed by atoms with E-state index in [1.165, 1.54) is 18.2 Å². The maximum atomic E-state index is 11.8. The number of nitrogens with two attached hydrogens (primary N) is 1. The van der Waals surface area contributed by atoms with Crippen molar-refractivity contribution < 1.29 is 17.9 Å². The Balaban J connectivity index is 2.80. The average molecular weight is 272 g/mol. The molecule has 1 amide bonds. The predicted octanol–water partition coefficient (Wildman–Crippen LogP) is 0.100. The number of primary sulfonamides is 1. The second-order valence-electron chi connectivity index (χ2n) is 3.64. The van der Waals surface area contributed by atoms with Gasteiger partial charge in [-0.1, -0.05) is 12.1 Å². The summed E-state index contributed by atoms with van der Waals surface area (Å²) in [6.45, 7) is 0.933. The van der Waals surface area contributed by atoms with E-state index in [9.17, 15) is 13.2 Å². The van der Waals surface area contributed by atoms with Crippen LogP contribution in [0.1, 0.15) is 16.8 Å². The molecule has 0 aliphatic carbocycles. The zero-order chi connectivity index (χ0) is 13.6. The second kappa shape index (κ2) is 6.48. The molecule has 100 valence electrons. The van der Waals surface area contributed by atoms with Gasteiger partial charge in [0.2, 0.25) is 10.0 Å². The Bertz CT molecular complexity index is 514. The minimum absolute atomic E-state index is 0.0532. The zero-order valence-corrected chi connectivity index (χ0v) is 10.9. The molecule has 0 spiro atoms. The number of hydrogen-bond donors (Lipinski definition) is 2. The second-order valence-corrected chi connectivity index (χ2v) is 5.17. The van der Waals surface area contributed by atoms with Crippen molar-refractivity contribution in [3.63, 3.8) is 0 Å². The molecule has 0 aliphatic rings. The van der Waals surface area contributed by atoms with Gasteiger partial charge in [-0.3, -0.25) is 4.79 Å². The Morgan fingerprint density at radius 2 is 2.06 bits per heavy atom. The number of methoxy groups -OCH3 is 1. The van der Waals surface area contributed by atoms with E-state index in [0.29, 0.717) is 19.6 Å². The highest BCUT2D eigenvalue weighted by Gasteiger charge is 2.17. The molecule has 0 fully saturated rings. The molecule has 0 aliphatic heterocycles. The van der Waals surface area contributed by atoms with Gasteiger partial charge in [0.1, 0.15) is 0 Å². The van der Waals surface area contributed by atoms with Crippen LogP contribution in [0.5, 0.6) is 0 Å². The van der Waals surface area contributed by atoms with E-state index in [4.69, 9.17) is 9.88 Å². The molecule has 18 heavy (non-hydrogen) atoms. The van der Waals surface area contributed by atoms with Gasteiger partial charge in [0.05, 0.1) is 10.5 Å². The van der Waals surface area contributed by atoms with E-state index in [1.807, 2.05) is 0 Å². The average Bonchev–Trinajstić information content (AvgIpc) is 2.33. The molecule has 0 aromatic heterocycles. The number of benzene rings is 1. The minimum atomic E-state index is -3.90. The number of nitrogens with one attached hydrogen (secondary N) is 1. The molecular weight excluding hydrogens is 256 g/mol. The fourth-order valence-corrected chi connectivity index (χ4v) is 2.15. The zero-order valence-electron chi connectivity index (χ0n) is 10.0. The van der Waals surface area contributed by atoms with Gasteiger partial charge in [0.25, 0.3) is 5.91 Å². The molecule has 1 aromatic rings. The lowest BCUT2D eigenvalue weighted by molar-refractivity contribution is 0.0945. The molecule has 7 heteroatoms. The molecule has 3 N–H and O–H groups in total. The van der Waals surface area contributed by atoms with Crippen LogP contribution >= 0.6 is 0 Å². The Morgan fingerprint density at radius 3 is 2.67 bits per heavy atom. The first-order valence-electron chi connectivity index (χ1n) is 5.36. The topological polar surface area (TPSA) is 98.5 Å². The van der Waals surface area contributed by atoms with Gasteiger partial charge in [-0.05, 0) is 18.6 Å². The maximum Gasteiger partial charge on any atom is 0.252 e. The number of sulfonamides is 1. The molecule has 6 nitrogen and oxygen atoms in total. The number of hydrogen-bond acceptors (Lipinski definition) is 4. The Labute approximate surface area is 106 Å². The number of carbonyl (C=O) groups is 1. The van der Waals surface area contributed by atoms with Gasteiger partial charge in [-0.25, -0.2) is 13.6 Å². The molecule has 0 saturated carbocycles. The minimum Gasteiger partial charge on any atom is -0.385 e.